The Balaban J connectivity index is 1.99. The second-order valence-corrected chi connectivity index (χ2v) is 4.66. The minimum atomic E-state index is 0.134. The fraction of sp³-hybridized carbons (Fsp3) is 0.294. The lowest BCUT2D eigenvalue weighted by Crippen LogP contribution is -2.17. The topological polar surface area (TPSA) is 50.7 Å². The van der Waals surface area contributed by atoms with Crippen molar-refractivity contribution in [3.8, 4) is 11.5 Å². The molecule has 0 radical (unpaired) electrons. The molecule has 0 saturated heterocycles. The molecule has 0 amide bonds. The molecule has 0 aliphatic heterocycles. The number of nitrogens with one attached hydrogen (secondary N) is 1. The molecule has 0 aliphatic rings. The first-order valence-corrected chi connectivity index (χ1v) is 6.98. The van der Waals surface area contributed by atoms with Crippen LogP contribution in [0.1, 0.15) is 11.1 Å². The molecular weight excluding hydrogens is 266 g/mol. The van der Waals surface area contributed by atoms with Gasteiger partial charge in [-0.1, -0.05) is 36.4 Å². The van der Waals surface area contributed by atoms with E-state index in [0.29, 0.717) is 25.4 Å². The van der Waals surface area contributed by atoms with E-state index in [-0.39, 0.29) is 6.61 Å². The second-order valence-electron chi connectivity index (χ2n) is 4.66. The van der Waals surface area contributed by atoms with Gasteiger partial charge in [0, 0.05) is 13.1 Å². The Bertz CT molecular complexity index is 543. The number of hydrogen-bond acceptors (Lipinski definition) is 4. The van der Waals surface area contributed by atoms with Crippen LogP contribution in [-0.4, -0.2) is 25.4 Å². The Morgan fingerprint density at radius 3 is 2.52 bits per heavy atom. The van der Waals surface area contributed by atoms with E-state index in [0.717, 1.165) is 16.9 Å². The Morgan fingerprint density at radius 2 is 1.81 bits per heavy atom. The maximum atomic E-state index is 8.76. The lowest BCUT2D eigenvalue weighted by atomic mass is 10.2. The highest BCUT2D eigenvalue weighted by Crippen LogP contribution is 2.28. The first-order chi connectivity index (χ1) is 10.3. The molecule has 4 heteroatoms. The zero-order chi connectivity index (χ0) is 14.9. The van der Waals surface area contributed by atoms with Gasteiger partial charge in [-0.3, -0.25) is 0 Å². The summed E-state index contributed by atoms with van der Waals surface area (Å²) in [5, 5.41) is 11.9. The third-order valence-corrected chi connectivity index (χ3v) is 3.08. The first-order valence-electron chi connectivity index (χ1n) is 6.98. The number of ether oxygens (including phenoxy) is 2. The Labute approximate surface area is 125 Å². The number of methoxy groups -OCH3 is 1. The van der Waals surface area contributed by atoms with Crippen LogP contribution in [0.25, 0.3) is 0 Å². The van der Waals surface area contributed by atoms with Crippen molar-refractivity contribution in [1.82, 2.24) is 5.32 Å². The van der Waals surface area contributed by atoms with Gasteiger partial charge in [-0.2, -0.15) is 0 Å². The Morgan fingerprint density at radius 1 is 1.00 bits per heavy atom. The lowest BCUT2D eigenvalue weighted by Gasteiger charge is -2.12. The predicted molar refractivity (Wildman–Crippen MR) is 82.6 cm³/mol. The molecule has 0 aliphatic carbocycles. The summed E-state index contributed by atoms with van der Waals surface area (Å²) in [6.45, 7) is 1.92. The van der Waals surface area contributed by atoms with Crippen LogP contribution in [0.5, 0.6) is 11.5 Å². The molecule has 0 fully saturated rings. The summed E-state index contributed by atoms with van der Waals surface area (Å²) in [4.78, 5) is 0. The van der Waals surface area contributed by atoms with Gasteiger partial charge in [-0.05, 0) is 23.3 Å². The zero-order valence-electron chi connectivity index (χ0n) is 12.2. The summed E-state index contributed by atoms with van der Waals surface area (Å²) < 4.78 is 11.2. The van der Waals surface area contributed by atoms with Crippen molar-refractivity contribution in [3.05, 3.63) is 59.7 Å². The van der Waals surface area contributed by atoms with Crippen LogP contribution in [0.15, 0.2) is 48.5 Å². The molecule has 0 spiro atoms. The van der Waals surface area contributed by atoms with Crippen molar-refractivity contribution in [2.75, 3.05) is 20.3 Å². The van der Waals surface area contributed by atoms with Gasteiger partial charge in [0.05, 0.1) is 13.7 Å². The third-order valence-electron chi connectivity index (χ3n) is 3.08. The molecule has 112 valence electrons. The van der Waals surface area contributed by atoms with Crippen LogP contribution in [0, 0.1) is 0 Å². The number of aliphatic hydroxyl groups excluding tert-OH is 1. The van der Waals surface area contributed by atoms with Crippen molar-refractivity contribution >= 4 is 0 Å². The van der Waals surface area contributed by atoms with Gasteiger partial charge < -0.3 is 19.9 Å². The van der Waals surface area contributed by atoms with E-state index in [9.17, 15) is 0 Å². The van der Waals surface area contributed by atoms with E-state index in [4.69, 9.17) is 14.6 Å². The van der Waals surface area contributed by atoms with Gasteiger partial charge in [0.15, 0.2) is 11.5 Å². The van der Waals surface area contributed by atoms with E-state index in [2.05, 4.69) is 5.32 Å². The minimum Gasteiger partial charge on any atom is -0.493 e. The molecule has 0 heterocycles. The summed E-state index contributed by atoms with van der Waals surface area (Å²) in [6.07, 6.45) is 0. The highest BCUT2D eigenvalue weighted by atomic mass is 16.5. The van der Waals surface area contributed by atoms with Crippen LogP contribution < -0.4 is 14.8 Å². The SMILES string of the molecule is COc1cc(CNCCO)ccc1OCc1ccccc1. The maximum absolute atomic E-state index is 8.76. The summed E-state index contributed by atoms with van der Waals surface area (Å²) in [6, 6.07) is 15.9. The van der Waals surface area contributed by atoms with Crippen molar-refractivity contribution in [2.45, 2.75) is 13.2 Å². The van der Waals surface area contributed by atoms with E-state index in [1.165, 1.54) is 0 Å². The molecule has 0 atom stereocenters. The predicted octanol–water partition coefficient (Wildman–Crippen LogP) is 2.36. The highest BCUT2D eigenvalue weighted by Gasteiger charge is 2.06. The van der Waals surface area contributed by atoms with Crippen LogP contribution in [0.2, 0.25) is 0 Å². The summed E-state index contributed by atoms with van der Waals surface area (Å²) in [5.74, 6) is 1.45. The van der Waals surface area contributed by atoms with Crippen molar-refractivity contribution < 1.29 is 14.6 Å². The Hall–Kier alpha value is -2.04. The second kappa shape index (κ2) is 8.29. The van der Waals surface area contributed by atoms with Gasteiger partial charge in [-0.15, -0.1) is 0 Å². The molecule has 2 aromatic carbocycles. The van der Waals surface area contributed by atoms with Crippen LogP contribution in [-0.2, 0) is 13.2 Å². The smallest absolute Gasteiger partial charge is 0.161 e. The third kappa shape index (κ3) is 4.77. The molecule has 4 nitrogen and oxygen atoms in total. The summed E-state index contributed by atoms with van der Waals surface area (Å²) in [5.41, 5.74) is 2.21. The van der Waals surface area contributed by atoms with Crippen LogP contribution in [0.4, 0.5) is 0 Å². The fourth-order valence-corrected chi connectivity index (χ4v) is 1.99. The average Bonchev–Trinajstić information content (AvgIpc) is 2.54. The van der Waals surface area contributed by atoms with Gasteiger partial charge in [0.2, 0.25) is 0 Å². The molecule has 0 saturated carbocycles. The number of benzene rings is 2. The van der Waals surface area contributed by atoms with Crippen molar-refractivity contribution in [2.24, 2.45) is 0 Å². The number of aliphatic hydroxyl groups is 1. The molecule has 0 bridgehead atoms. The van der Waals surface area contributed by atoms with Gasteiger partial charge in [-0.25, -0.2) is 0 Å². The molecule has 21 heavy (non-hydrogen) atoms. The molecule has 0 aromatic heterocycles. The van der Waals surface area contributed by atoms with Crippen LogP contribution in [0.3, 0.4) is 0 Å². The number of rotatable bonds is 8. The Kier molecular flexibility index (Phi) is 6.06. The summed E-state index contributed by atoms with van der Waals surface area (Å²) in [7, 11) is 1.63. The number of hydrogen-bond donors (Lipinski definition) is 2. The molecule has 2 rings (SSSR count). The van der Waals surface area contributed by atoms with E-state index in [1.807, 2.05) is 48.5 Å². The maximum Gasteiger partial charge on any atom is 0.161 e. The van der Waals surface area contributed by atoms with Gasteiger partial charge in [0.1, 0.15) is 6.61 Å². The zero-order valence-corrected chi connectivity index (χ0v) is 12.2. The first kappa shape index (κ1) is 15.4. The van der Waals surface area contributed by atoms with E-state index >= 15 is 0 Å². The fourth-order valence-electron chi connectivity index (χ4n) is 1.99. The minimum absolute atomic E-state index is 0.134. The lowest BCUT2D eigenvalue weighted by molar-refractivity contribution is 0.284. The van der Waals surface area contributed by atoms with Gasteiger partial charge in [0.25, 0.3) is 0 Å². The van der Waals surface area contributed by atoms with Crippen LogP contribution >= 0.6 is 0 Å². The monoisotopic (exact) mass is 287 g/mol. The largest absolute Gasteiger partial charge is 0.493 e. The summed E-state index contributed by atoms with van der Waals surface area (Å²) >= 11 is 0. The quantitative estimate of drug-likeness (QED) is 0.732. The highest BCUT2D eigenvalue weighted by molar-refractivity contribution is 5.43. The standard InChI is InChI=1S/C17H21NO3/c1-20-17-11-15(12-18-9-10-19)7-8-16(17)21-13-14-5-3-2-4-6-14/h2-8,11,18-19H,9-10,12-13H2,1H3. The molecule has 2 aromatic rings. The molecular formula is C17H21NO3. The van der Waals surface area contributed by atoms with E-state index in [1.54, 1.807) is 7.11 Å². The van der Waals surface area contributed by atoms with E-state index < -0.39 is 0 Å². The van der Waals surface area contributed by atoms with Crippen molar-refractivity contribution in [1.29, 1.82) is 0 Å². The van der Waals surface area contributed by atoms with Gasteiger partial charge >= 0.3 is 0 Å². The molecule has 0 unspecified atom stereocenters. The van der Waals surface area contributed by atoms with Crippen molar-refractivity contribution in [3.63, 3.8) is 0 Å². The molecule has 2 N–H and O–H groups in total. The normalized spacial score (nSPS) is 10.4. The average molecular weight is 287 g/mol.